The van der Waals surface area contributed by atoms with Gasteiger partial charge in [0.2, 0.25) is 0 Å². The summed E-state index contributed by atoms with van der Waals surface area (Å²) in [6.45, 7) is 10.3. The maximum atomic E-state index is 13.0. The average Bonchev–Trinajstić information content (AvgIpc) is 3.76. The van der Waals surface area contributed by atoms with Gasteiger partial charge >= 0.3 is 23.9 Å². The van der Waals surface area contributed by atoms with Crippen LogP contribution in [-0.4, -0.2) is 37.1 Å². The van der Waals surface area contributed by atoms with E-state index in [-0.39, 0.29) is 47.2 Å². The van der Waals surface area contributed by atoms with Crippen molar-refractivity contribution in [3.63, 3.8) is 0 Å². The highest BCUT2D eigenvalue weighted by molar-refractivity contribution is 6.31. The lowest BCUT2D eigenvalue weighted by Gasteiger charge is -2.17. The van der Waals surface area contributed by atoms with Crippen LogP contribution in [0.25, 0.3) is 0 Å². The van der Waals surface area contributed by atoms with E-state index < -0.39 is 40.9 Å². The number of carbonyl (C=O) groups is 4. The monoisotopic (exact) mass is 611 g/mol. The summed E-state index contributed by atoms with van der Waals surface area (Å²) < 4.78 is 21.2. The molecule has 2 aliphatic carbocycles. The zero-order valence-corrected chi connectivity index (χ0v) is 25.6. The highest BCUT2D eigenvalue weighted by Gasteiger charge is 2.43. The van der Waals surface area contributed by atoms with Crippen molar-refractivity contribution in [3.05, 3.63) is 28.8 Å². The lowest BCUT2D eigenvalue weighted by Crippen LogP contribution is -2.28. The van der Waals surface area contributed by atoms with E-state index in [4.69, 9.17) is 47.6 Å². The number of rotatable bonds is 10. The summed E-state index contributed by atoms with van der Waals surface area (Å²) >= 11 is 0. The van der Waals surface area contributed by atoms with Crippen molar-refractivity contribution in [2.75, 3.05) is 41.9 Å². The van der Waals surface area contributed by atoms with Gasteiger partial charge in [0.25, 0.3) is 0 Å². The Bertz CT molecular complexity index is 1380. The molecule has 0 amide bonds. The summed E-state index contributed by atoms with van der Waals surface area (Å²) in [4.78, 5) is 51.9. The number of nitrogens with two attached hydrogens (primary N) is 5. The first-order valence-electron chi connectivity index (χ1n) is 14.6. The van der Waals surface area contributed by atoms with Crippen LogP contribution >= 0.6 is 0 Å². The summed E-state index contributed by atoms with van der Waals surface area (Å²) in [5, 5.41) is 0. The highest BCUT2D eigenvalue weighted by Crippen LogP contribution is 2.48. The molecule has 0 bridgehead atoms. The van der Waals surface area contributed by atoms with E-state index in [2.05, 4.69) is 27.7 Å². The van der Waals surface area contributed by atoms with Crippen LogP contribution in [0.4, 0.5) is 28.4 Å². The lowest BCUT2D eigenvalue weighted by molar-refractivity contribution is -0.156. The number of hydrogen-bond acceptors (Lipinski definition) is 13. The molecule has 2 saturated carbocycles. The summed E-state index contributed by atoms with van der Waals surface area (Å²) in [7, 11) is 0. The zero-order valence-electron chi connectivity index (χ0n) is 25.6. The number of benzene rings is 2. The molecule has 10 N–H and O–H groups in total. The van der Waals surface area contributed by atoms with Gasteiger partial charge in [-0.2, -0.15) is 0 Å². The van der Waals surface area contributed by atoms with Crippen molar-refractivity contribution in [3.8, 4) is 11.5 Å². The molecular weight excluding hydrogens is 570 g/mol. The van der Waals surface area contributed by atoms with Crippen LogP contribution in [0.2, 0.25) is 0 Å². The second-order valence-electron chi connectivity index (χ2n) is 12.0. The Hall–Kier alpha value is -4.68. The molecule has 13 nitrogen and oxygen atoms in total. The van der Waals surface area contributed by atoms with Crippen LogP contribution in [-0.2, 0) is 19.1 Å². The quantitative estimate of drug-likeness (QED) is 0.112. The molecule has 238 valence electrons. The second kappa shape index (κ2) is 12.5. The molecule has 0 radical (unpaired) electrons. The highest BCUT2D eigenvalue weighted by atomic mass is 16.6. The molecule has 0 heterocycles. The Kier molecular flexibility index (Phi) is 9.17. The summed E-state index contributed by atoms with van der Waals surface area (Å²) in [6, 6.07) is 2.55. The number of anilines is 5. The first kappa shape index (κ1) is 32.2. The SMILES string of the molecule is Cc1cc(N)c(OC(=O)C(=O)Oc2c(N)cc(N)c(N)c2C(=O)OCCC2C(C)C2C)c(C(=O)OCCC2C(C)C2C)c1N. The maximum Gasteiger partial charge on any atom is 0.423 e. The van der Waals surface area contributed by atoms with Gasteiger partial charge in [-0.3, -0.25) is 0 Å². The van der Waals surface area contributed by atoms with Gasteiger partial charge < -0.3 is 47.6 Å². The molecule has 13 heteroatoms. The van der Waals surface area contributed by atoms with Crippen molar-refractivity contribution in [2.24, 2.45) is 35.5 Å². The molecule has 0 saturated heterocycles. The molecule has 0 spiro atoms. The van der Waals surface area contributed by atoms with Crippen molar-refractivity contribution >= 4 is 52.3 Å². The predicted octanol–water partition coefficient (Wildman–Crippen LogP) is 3.31. The van der Waals surface area contributed by atoms with E-state index in [1.807, 2.05) is 0 Å². The number of hydrogen-bond donors (Lipinski definition) is 5. The van der Waals surface area contributed by atoms with Gasteiger partial charge in [-0.15, -0.1) is 0 Å². The van der Waals surface area contributed by atoms with Gasteiger partial charge in [-0.1, -0.05) is 27.7 Å². The fraction of sp³-hybridized carbons (Fsp3) is 0.484. The van der Waals surface area contributed by atoms with Crippen LogP contribution in [0.3, 0.4) is 0 Å². The Morgan fingerprint density at radius 1 is 0.614 bits per heavy atom. The molecule has 4 unspecified atom stereocenters. The van der Waals surface area contributed by atoms with Crippen molar-refractivity contribution in [1.29, 1.82) is 0 Å². The Morgan fingerprint density at radius 2 is 1.00 bits per heavy atom. The van der Waals surface area contributed by atoms with Crippen LogP contribution in [0, 0.1) is 42.4 Å². The third-order valence-corrected chi connectivity index (χ3v) is 9.35. The van der Waals surface area contributed by atoms with E-state index in [1.54, 1.807) is 6.92 Å². The van der Waals surface area contributed by atoms with Gasteiger partial charge in [0, 0.05) is 0 Å². The Labute approximate surface area is 255 Å². The van der Waals surface area contributed by atoms with Crippen LogP contribution in [0.15, 0.2) is 12.1 Å². The maximum absolute atomic E-state index is 13.0. The van der Waals surface area contributed by atoms with Crippen LogP contribution < -0.4 is 38.1 Å². The normalized spacial score (nSPS) is 23.4. The first-order valence-corrected chi connectivity index (χ1v) is 14.6. The third kappa shape index (κ3) is 6.46. The van der Waals surface area contributed by atoms with Gasteiger partial charge in [-0.05, 0) is 73.0 Å². The van der Waals surface area contributed by atoms with Gasteiger partial charge in [0.15, 0.2) is 11.5 Å². The topological polar surface area (TPSA) is 235 Å². The van der Waals surface area contributed by atoms with Crippen molar-refractivity contribution < 1.29 is 38.1 Å². The molecule has 44 heavy (non-hydrogen) atoms. The average molecular weight is 612 g/mol. The third-order valence-electron chi connectivity index (χ3n) is 9.35. The zero-order chi connectivity index (χ0) is 32.6. The van der Waals surface area contributed by atoms with E-state index >= 15 is 0 Å². The fourth-order valence-electron chi connectivity index (χ4n) is 5.76. The lowest BCUT2D eigenvalue weighted by atomic mass is 10.1. The Morgan fingerprint density at radius 3 is 1.41 bits per heavy atom. The predicted molar refractivity (Wildman–Crippen MR) is 164 cm³/mol. The second-order valence-corrected chi connectivity index (χ2v) is 12.0. The van der Waals surface area contributed by atoms with E-state index in [1.165, 1.54) is 12.1 Å². The van der Waals surface area contributed by atoms with Crippen LogP contribution in [0.5, 0.6) is 11.5 Å². The number of esters is 4. The van der Waals surface area contributed by atoms with Crippen molar-refractivity contribution in [2.45, 2.75) is 47.5 Å². The molecule has 2 fully saturated rings. The number of nitrogen functional groups attached to an aromatic ring is 5. The fourth-order valence-corrected chi connectivity index (χ4v) is 5.76. The first-order chi connectivity index (χ1) is 20.6. The minimum Gasteiger partial charge on any atom is -0.462 e. The van der Waals surface area contributed by atoms with E-state index in [0.717, 1.165) is 0 Å². The number of ether oxygens (including phenoxy) is 4. The van der Waals surface area contributed by atoms with Gasteiger partial charge in [-0.25, -0.2) is 19.2 Å². The molecule has 2 aliphatic rings. The largest absolute Gasteiger partial charge is 0.462 e. The van der Waals surface area contributed by atoms with E-state index in [9.17, 15) is 19.2 Å². The molecule has 4 rings (SSSR count). The molecule has 2 aromatic rings. The molecular formula is C31H41N5O8. The van der Waals surface area contributed by atoms with Crippen LogP contribution in [0.1, 0.15) is 66.8 Å². The summed E-state index contributed by atoms with van der Waals surface area (Å²) in [6.07, 6.45) is 1.30. The molecule has 0 aliphatic heterocycles. The smallest absolute Gasteiger partial charge is 0.423 e. The van der Waals surface area contributed by atoms with Crippen molar-refractivity contribution in [1.82, 2.24) is 0 Å². The Balaban J connectivity index is 1.50. The summed E-state index contributed by atoms with van der Waals surface area (Å²) in [5.41, 5.74) is 29.1. The minimum absolute atomic E-state index is 0.0379. The van der Waals surface area contributed by atoms with Gasteiger partial charge in [0.1, 0.15) is 11.1 Å². The molecule has 2 aromatic carbocycles. The molecule has 4 atom stereocenters. The summed E-state index contributed by atoms with van der Waals surface area (Å²) in [5.74, 6) is -2.98. The van der Waals surface area contributed by atoms with Gasteiger partial charge in [0.05, 0.1) is 41.7 Å². The molecule has 0 aromatic heterocycles. The number of carbonyl (C=O) groups excluding carboxylic acids is 4. The number of aryl methyl sites for hydroxylation is 1. The standard InChI is InChI=1S/C31H41N5O8/c1-12-10-20(33)26(22(24(12)35)28(37)41-8-6-17-13(2)14(17)3)43-30(39)31(40)44-27-21(34)11-19(32)25(36)23(27)29(38)42-9-7-18-15(4)16(18)5/h10-11,13-18H,6-9,32-36H2,1-5H3. The minimum atomic E-state index is -1.59. The van der Waals surface area contributed by atoms with E-state index in [0.29, 0.717) is 53.9 Å².